The quantitative estimate of drug-likeness (QED) is 0.366. The Kier molecular flexibility index (Phi) is 8.05. The van der Waals surface area contributed by atoms with Crippen molar-refractivity contribution in [3.05, 3.63) is 28.3 Å². The van der Waals surface area contributed by atoms with Gasteiger partial charge in [-0.2, -0.15) is 4.31 Å². The molecule has 11 heteroatoms. The van der Waals surface area contributed by atoms with Gasteiger partial charge in [-0.3, -0.25) is 14.9 Å². The van der Waals surface area contributed by atoms with Gasteiger partial charge in [-0.25, -0.2) is 8.42 Å². The number of nitrogens with zero attached hydrogens (tertiary/aromatic N) is 3. The first-order valence-corrected chi connectivity index (χ1v) is 13.7. The molecule has 1 aromatic rings. The van der Waals surface area contributed by atoms with Gasteiger partial charge in [0.2, 0.25) is 15.9 Å². The summed E-state index contributed by atoms with van der Waals surface area (Å²) in [5, 5.41) is 15.1. The van der Waals surface area contributed by atoms with E-state index in [1.54, 1.807) is 0 Å². The molecule has 10 nitrogen and oxygen atoms in total. The number of ether oxygens (including phenoxy) is 1. The zero-order valence-corrected chi connectivity index (χ0v) is 20.3. The number of hydrogen-bond acceptors (Lipinski definition) is 7. The third kappa shape index (κ3) is 5.69. The maximum absolute atomic E-state index is 12.9. The van der Waals surface area contributed by atoms with E-state index in [9.17, 15) is 23.3 Å². The molecule has 3 aliphatic rings. The predicted molar refractivity (Wildman–Crippen MR) is 127 cm³/mol. The molecule has 188 valence electrons. The minimum atomic E-state index is -3.82. The van der Waals surface area contributed by atoms with Crippen molar-refractivity contribution in [2.75, 3.05) is 44.3 Å². The van der Waals surface area contributed by atoms with Crippen LogP contribution in [-0.2, 0) is 19.6 Å². The number of sulfonamides is 1. The second kappa shape index (κ2) is 11.0. The summed E-state index contributed by atoms with van der Waals surface area (Å²) in [5.41, 5.74) is 0.171. The summed E-state index contributed by atoms with van der Waals surface area (Å²) in [6.07, 6.45) is 8.08. The maximum atomic E-state index is 12.9. The Morgan fingerprint density at radius 1 is 1.00 bits per heavy atom. The first kappa shape index (κ1) is 24.9. The standard InChI is InChI=1S/C23H34N4O6S/c28-23(24-19-5-3-1-2-4-6-19)18-9-11-25(12-10-18)21-8-7-20(17-22(21)27(29)30)34(31,32)26-13-15-33-16-14-26/h7-8,17-19H,1-6,9-16H2,(H,24,28). The van der Waals surface area contributed by atoms with E-state index in [-0.39, 0.29) is 41.5 Å². The third-order valence-corrected chi connectivity index (χ3v) is 9.05. The molecule has 3 fully saturated rings. The van der Waals surface area contributed by atoms with Crippen molar-refractivity contribution >= 4 is 27.3 Å². The predicted octanol–water partition coefficient (Wildman–Crippen LogP) is 2.67. The van der Waals surface area contributed by atoms with Crippen LogP contribution in [0.5, 0.6) is 0 Å². The number of nitro groups is 1. The Hall–Kier alpha value is -2.24. The van der Waals surface area contributed by atoms with Gasteiger partial charge in [0.25, 0.3) is 5.69 Å². The Morgan fingerprint density at radius 2 is 1.65 bits per heavy atom. The molecule has 1 saturated carbocycles. The molecule has 0 unspecified atom stereocenters. The van der Waals surface area contributed by atoms with Crippen LogP contribution in [0.25, 0.3) is 0 Å². The van der Waals surface area contributed by atoms with Gasteiger partial charge < -0.3 is 15.0 Å². The topological polar surface area (TPSA) is 122 Å². The van der Waals surface area contributed by atoms with Gasteiger partial charge in [-0.1, -0.05) is 25.7 Å². The maximum Gasteiger partial charge on any atom is 0.293 e. The van der Waals surface area contributed by atoms with Crippen molar-refractivity contribution in [3.8, 4) is 0 Å². The van der Waals surface area contributed by atoms with E-state index in [4.69, 9.17) is 4.74 Å². The minimum Gasteiger partial charge on any atom is -0.379 e. The number of carbonyl (C=O) groups is 1. The van der Waals surface area contributed by atoms with Crippen molar-refractivity contribution < 1.29 is 22.9 Å². The number of nitro benzene ring substituents is 1. The van der Waals surface area contributed by atoms with Gasteiger partial charge in [0.15, 0.2) is 0 Å². The molecule has 1 amide bonds. The molecule has 0 atom stereocenters. The lowest BCUT2D eigenvalue weighted by Crippen LogP contribution is -2.44. The first-order chi connectivity index (χ1) is 16.4. The summed E-state index contributed by atoms with van der Waals surface area (Å²) in [5.74, 6) is -0.00691. The highest BCUT2D eigenvalue weighted by Crippen LogP contribution is 2.34. The number of benzene rings is 1. The average molecular weight is 495 g/mol. The van der Waals surface area contributed by atoms with Crippen LogP contribution in [0.4, 0.5) is 11.4 Å². The van der Waals surface area contributed by atoms with Crippen LogP contribution in [0.3, 0.4) is 0 Å². The number of morpholine rings is 1. The van der Waals surface area contributed by atoms with Gasteiger partial charge in [0, 0.05) is 44.2 Å². The molecule has 0 aromatic heterocycles. The Balaban J connectivity index is 1.42. The van der Waals surface area contributed by atoms with Gasteiger partial charge >= 0.3 is 0 Å². The van der Waals surface area contributed by atoms with Crippen molar-refractivity contribution in [2.45, 2.75) is 62.3 Å². The minimum absolute atomic E-state index is 0.0810. The molecule has 1 aromatic carbocycles. The first-order valence-electron chi connectivity index (χ1n) is 12.3. The normalized spacial score (nSPS) is 21.7. The molecular weight excluding hydrogens is 460 g/mol. The van der Waals surface area contributed by atoms with Crippen LogP contribution in [0.2, 0.25) is 0 Å². The molecule has 0 radical (unpaired) electrons. The third-order valence-electron chi connectivity index (χ3n) is 7.16. The summed E-state index contributed by atoms with van der Waals surface area (Å²) in [6.45, 7) is 2.10. The van der Waals surface area contributed by atoms with E-state index >= 15 is 0 Å². The fourth-order valence-electron chi connectivity index (χ4n) is 5.14. The molecule has 1 N–H and O–H groups in total. The van der Waals surface area contributed by atoms with E-state index < -0.39 is 14.9 Å². The molecule has 2 aliphatic heterocycles. The molecule has 2 heterocycles. The monoisotopic (exact) mass is 494 g/mol. The lowest BCUT2D eigenvalue weighted by molar-refractivity contribution is -0.384. The fraction of sp³-hybridized carbons (Fsp3) is 0.696. The smallest absolute Gasteiger partial charge is 0.293 e. The van der Waals surface area contributed by atoms with Crippen LogP contribution in [0.15, 0.2) is 23.1 Å². The molecule has 34 heavy (non-hydrogen) atoms. The molecule has 0 spiro atoms. The lowest BCUT2D eigenvalue weighted by atomic mass is 9.94. The van der Waals surface area contributed by atoms with Gasteiger partial charge in [0.05, 0.1) is 23.0 Å². The van der Waals surface area contributed by atoms with Crippen LogP contribution < -0.4 is 10.2 Å². The second-order valence-electron chi connectivity index (χ2n) is 9.38. The average Bonchev–Trinajstić information content (AvgIpc) is 3.13. The summed E-state index contributed by atoms with van der Waals surface area (Å²) >= 11 is 0. The van der Waals surface area contributed by atoms with Crippen molar-refractivity contribution in [2.24, 2.45) is 5.92 Å². The van der Waals surface area contributed by atoms with Gasteiger partial charge in [0.1, 0.15) is 5.69 Å². The van der Waals surface area contributed by atoms with E-state index in [0.29, 0.717) is 44.8 Å². The summed E-state index contributed by atoms with van der Waals surface area (Å²) in [6, 6.07) is 4.38. The molecule has 1 aliphatic carbocycles. The fourth-order valence-corrected chi connectivity index (χ4v) is 6.57. The second-order valence-corrected chi connectivity index (χ2v) is 11.3. The Morgan fingerprint density at radius 3 is 2.26 bits per heavy atom. The van der Waals surface area contributed by atoms with Crippen molar-refractivity contribution in [3.63, 3.8) is 0 Å². The van der Waals surface area contributed by atoms with E-state index in [0.717, 1.165) is 31.7 Å². The van der Waals surface area contributed by atoms with Crippen molar-refractivity contribution in [1.29, 1.82) is 0 Å². The number of rotatable bonds is 6. The molecular formula is C23H34N4O6S. The van der Waals surface area contributed by atoms with E-state index in [1.807, 2.05) is 4.90 Å². The summed E-state index contributed by atoms with van der Waals surface area (Å²) < 4.78 is 32.4. The molecule has 0 bridgehead atoms. The highest BCUT2D eigenvalue weighted by atomic mass is 32.2. The van der Waals surface area contributed by atoms with E-state index in [2.05, 4.69) is 5.32 Å². The van der Waals surface area contributed by atoms with Crippen LogP contribution in [-0.4, -0.2) is 69.0 Å². The lowest BCUT2D eigenvalue weighted by Gasteiger charge is -2.33. The van der Waals surface area contributed by atoms with Crippen molar-refractivity contribution in [1.82, 2.24) is 9.62 Å². The van der Waals surface area contributed by atoms with Crippen LogP contribution >= 0.6 is 0 Å². The van der Waals surface area contributed by atoms with Crippen LogP contribution in [0.1, 0.15) is 51.4 Å². The Labute approximate surface area is 200 Å². The zero-order chi connectivity index (χ0) is 24.1. The molecule has 4 rings (SSSR count). The SMILES string of the molecule is O=C(NC1CCCCCC1)C1CCN(c2ccc(S(=O)(=O)N3CCOCC3)cc2[N+](=O)[O-])CC1. The van der Waals surface area contributed by atoms with E-state index in [1.165, 1.54) is 29.3 Å². The largest absolute Gasteiger partial charge is 0.379 e. The highest BCUT2D eigenvalue weighted by Gasteiger charge is 2.32. The molecule has 2 saturated heterocycles. The number of nitrogens with one attached hydrogen (secondary N) is 1. The number of amides is 1. The van der Waals surface area contributed by atoms with Gasteiger partial charge in [-0.15, -0.1) is 0 Å². The number of hydrogen-bond donors (Lipinski definition) is 1. The number of carbonyl (C=O) groups excluding carboxylic acids is 1. The zero-order valence-electron chi connectivity index (χ0n) is 19.5. The highest BCUT2D eigenvalue weighted by molar-refractivity contribution is 7.89. The Bertz CT molecular complexity index is 979. The summed E-state index contributed by atoms with van der Waals surface area (Å²) in [7, 11) is -3.82. The van der Waals surface area contributed by atoms with Crippen LogP contribution in [0, 0.1) is 16.0 Å². The number of anilines is 1. The number of piperidine rings is 1. The van der Waals surface area contributed by atoms with Gasteiger partial charge in [-0.05, 0) is 37.8 Å². The summed E-state index contributed by atoms with van der Waals surface area (Å²) in [4.78, 5) is 25.9.